The highest BCUT2D eigenvalue weighted by Crippen LogP contribution is 2.20. The minimum atomic E-state index is 0.276. The lowest BCUT2D eigenvalue weighted by atomic mass is 10.1. The van der Waals surface area contributed by atoms with Crippen LogP contribution in [0.4, 0.5) is 0 Å². The molecule has 1 atom stereocenters. The van der Waals surface area contributed by atoms with Crippen LogP contribution in [-0.4, -0.2) is 17.2 Å². The van der Waals surface area contributed by atoms with Gasteiger partial charge in [-0.1, -0.05) is 35.6 Å². The third-order valence-electron chi connectivity index (χ3n) is 2.89. The Kier molecular flexibility index (Phi) is 3.86. The smallest absolute Gasteiger partial charge is 0.134 e. The monoisotopic (exact) mass is 247 g/mol. The summed E-state index contributed by atoms with van der Waals surface area (Å²) >= 11 is 1.68. The second kappa shape index (κ2) is 5.38. The number of nitrogens with zero attached hydrogens (tertiary/aromatic N) is 2. The van der Waals surface area contributed by atoms with Crippen molar-refractivity contribution in [1.82, 2.24) is 15.5 Å². The molecule has 0 radical (unpaired) electrons. The first-order valence-electron chi connectivity index (χ1n) is 5.74. The standard InChI is InChI=1S/C13H17N3S/c1-9-6-4-5-7-11(9)8-12-15-16-13(17-12)10(2)14-3/h4-7,10,14H,8H2,1-3H3. The average Bonchev–Trinajstić information content (AvgIpc) is 2.80. The third-order valence-corrected chi connectivity index (χ3v) is 3.99. The van der Waals surface area contributed by atoms with Crippen LogP contribution in [0.3, 0.4) is 0 Å². The number of benzene rings is 1. The van der Waals surface area contributed by atoms with E-state index in [1.807, 2.05) is 7.05 Å². The van der Waals surface area contributed by atoms with Crippen LogP contribution in [0.15, 0.2) is 24.3 Å². The molecule has 90 valence electrons. The molecular weight excluding hydrogens is 230 g/mol. The molecule has 0 fully saturated rings. The van der Waals surface area contributed by atoms with E-state index in [-0.39, 0.29) is 6.04 Å². The second-order valence-electron chi connectivity index (χ2n) is 4.15. The fourth-order valence-electron chi connectivity index (χ4n) is 1.61. The van der Waals surface area contributed by atoms with Crippen molar-refractivity contribution in [2.75, 3.05) is 7.05 Å². The van der Waals surface area contributed by atoms with Crippen molar-refractivity contribution in [3.8, 4) is 0 Å². The van der Waals surface area contributed by atoms with Crippen molar-refractivity contribution in [3.05, 3.63) is 45.4 Å². The van der Waals surface area contributed by atoms with Crippen LogP contribution in [0.5, 0.6) is 0 Å². The highest BCUT2D eigenvalue weighted by atomic mass is 32.1. The first-order chi connectivity index (χ1) is 8.20. The minimum Gasteiger partial charge on any atom is -0.311 e. The van der Waals surface area contributed by atoms with E-state index in [0.29, 0.717) is 0 Å². The Morgan fingerprint density at radius 3 is 2.76 bits per heavy atom. The maximum Gasteiger partial charge on any atom is 0.134 e. The van der Waals surface area contributed by atoms with Gasteiger partial charge in [0.15, 0.2) is 0 Å². The van der Waals surface area contributed by atoms with Gasteiger partial charge in [-0.15, -0.1) is 10.2 Å². The number of aryl methyl sites for hydroxylation is 1. The van der Waals surface area contributed by atoms with Crippen LogP contribution in [0.25, 0.3) is 0 Å². The molecular formula is C13H17N3S. The van der Waals surface area contributed by atoms with Crippen LogP contribution in [-0.2, 0) is 6.42 Å². The predicted molar refractivity (Wildman–Crippen MR) is 71.4 cm³/mol. The average molecular weight is 247 g/mol. The van der Waals surface area contributed by atoms with E-state index in [0.717, 1.165) is 16.4 Å². The van der Waals surface area contributed by atoms with Gasteiger partial charge in [-0.2, -0.15) is 0 Å². The van der Waals surface area contributed by atoms with Gasteiger partial charge >= 0.3 is 0 Å². The fourth-order valence-corrected chi connectivity index (χ4v) is 2.53. The first kappa shape index (κ1) is 12.2. The topological polar surface area (TPSA) is 37.8 Å². The van der Waals surface area contributed by atoms with E-state index in [9.17, 15) is 0 Å². The zero-order valence-electron chi connectivity index (χ0n) is 10.4. The number of hydrogen-bond donors (Lipinski definition) is 1. The van der Waals surface area contributed by atoms with Crippen LogP contribution in [0, 0.1) is 6.92 Å². The Labute approximate surface area is 106 Å². The summed E-state index contributed by atoms with van der Waals surface area (Å²) in [5.74, 6) is 0. The molecule has 4 heteroatoms. The van der Waals surface area contributed by atoms with E-state index in [4.69, 9.17) is 0 Å². The van der Waals surface area contributed by atoms with Crippen LogP contribution in [0.1, 0.15) is 34.1 Å². The molecule has 1 aromatic heterocycles. The summed E-state index contributed by atoms with van der Waals surface area (Å²) in [6, 6.07) is 8.69. The largest absolute Gasteiger partial charge is 0.311 e. The lowest BCUT2D eigenvalue weighted by Crippen LogP contribution is -2.11. The lowest BCUT2D eigenvalue weighted by Gasteiger charge is -2.03. The number of hydrogen-bond acceptors (Lipinski definition) is 4. The normalized spacial score (nSPS) is 12.6. The van der Waals surface area contributed by atoms with E-state index < -0.39 is 0 Å². The van der Waals surface area contributed by atoms with E-state index in [1.54, 1.807) is 11.3 Å². The summed E-state index contributed by atoms with van der Waals surface area (Å²) in [6.45, 7) is 4.23. The Bertz CT molecular complexity index is 493. The summed E-state index contributed by atoms with van der Waals surface area (Å²) in [4.78, 5) is 0. The molecule has 0 saturated heterocycles. The lowest BCUT2D eigenvalue weighted by molar-refractivity contribution is 0.639. The molecule has 0 bridgehead atoms. The minimum absolute atomic E-state index is 0.276. The summed E-state index contributed by atoms with van der Waals surface area (Å²) in [5.41, 5.74) is 2.64. The molecule has 17 heavy (non-hydrogen) atoms. The zero-order chi connectivity index (χ0) is 12.3. The molecule has 1 unspecified atom stereocenters. The van der Waals surface area contributed by atoms with E-state index >= 15 is 0 Å². The van der Waals surface area contributed by atoms with Crippen molar-refractivity contribution in [3.63, 3.8) is 0 Å². The molecule has 1 N–H and O–H groups in total. The maximum absolute atomic E-state index is 4.25. The highest BCUT2D eigenvalue weighted by Gasteiger charge is 2.10. The van der Waals surface area contributed by atoms with Gasteiger partial charge in [-0.25, -0.2) is 0 Å². The van der Waals surface area contributed by atoms with Gasteiger partial charge in [-0.05, 0) is 32.0 Å². The molecule has 0 saturated carbocycles. The first-order valence-corrected chi connectivity index (χ1v) is 6.56. The molecule has 1 heterocycles. The quantitative estimate of drug-likeness (QED) is 0.902. The molecule has 2 rings (SSSR count). The van der Waals surface area contributed by atoms with Gasteiger partial charge in [-0.3, -0.25) is 0 Å². The van der Waals surface area contributed by atoms with Crippen LogP contribution in [0.2, 0.25) is 0 Å². The second-order valence-corrected chi connectivity index (χ2v) is 5.24. The van der Waals surface area contributed by atoms with Gasteiger partial charge in [0.1, 0.15) is 10.0 Å². The Morgan fingerprint density at radius 1 is 1.29 bits per heavy atom. The van der Waals surface area contributed by atoms with Crippen molar-refractivity contribution in [1.29, 1.82) is 0 Å². The summed E-state index contributed by atoms with van der Waals surface area (Å²) in [5, 5.41) is 13.8. The van der Waals surface area contributed by atoms with E-state index in [1.165, 1.54) is 11.1 Å². The van der Waals surface area contributed by atoms with Gasteiger partial charge in [0, 0.05) is 6.42 Å². The highest BCUT2D eigenvalue weighted by molar-refractivity contribution is 7.11. The molecule has 0 aliphatic rings. The van der Waals surface area contributed by atoms with Crippen molar-refractivity contribution < 1.29 is 0 Å². The Balaban J connectivity index is 2.14. The van der Waals surface area contributed by atoms with Crippen LogP contribution < -0.4 is 5.32 Å². The van der Waals surface area contributed by atoms with Gasteiger partial charge in [0.05, 0.1) is 6.04 Å². The Morgan fingerprint density at radius 2 is 2.06 bits per heavy atom. The summed E-state index contributed by atoms with van der Waals surface area (Å²) in [6.07, 6.45) is 0.876. The molecule has 0 aliphatic heterocycles. The molecule has 0 aliphatic carbocycles. The van der Waals surface area contributed by atoms with Gasteiger partial charge in [0.25, 0.3) is 0 Å². The number of rotatable bonds is 4. The maximum atomic E-state index is 4.25. The van der Waals surface area contributed by atoms with Gasteiger partial charge in [0.2, 0.25) is 0 Å². The molecule has 3 nitrogen and oxygen atoms in total. The molecule has 0 amide bonds. The Hall–Kier alpha value is -1.26. The zero-order valence-corrected chi connectivity index (χ0v) is 11.2. The van der Waals surface area contributed by atoms with Crippen molar-refractivity contribution in [2.24, 2.45) is 0 Å². The number of nitrogens with one attached hydrogen (secondary N) is 1. The summed E-state index contributed by atoms with van der Waals surface area (Å²) < 4.78 is 0. The van der Waals surface area contributed by atoms with Crippen LogP contribution >= 0.6 is 11.3 Å². The summed E-state index contributed by atoms with van der Waals surface area (Å²) in [7, 11) is 1.94. The molecule has 1 aromatic carbocycles. The number of aromatic nitrogens is 2. The van der Waals surface area contributed by atoms with Gasteiger partial charge < -0.3 is 5.32 Å². The van der Waals surface area contributed by atoms with E-state index in [2.05, 4.69) is 53.6 Å². The van der Waals surface area contributed by atoms with Crippen molar-refractivity contribution >= 4 is 11.3 Å². The van der Waals surface area contributed by atoms with Crippen molar-refractivity contribution in [2.45, 2.75) is 26.3 Å². The molecule has 2 aromatic rings. The fraction of sp³-hybridized carbons (Fsp3) is 0.385. The SMILES string of the molecule is CNC(C)c1nnc(Cc2ccccc2C)s1. The third kappa shape index (κ3) is 2.90. The predicted octanol–water partition coefficient (Wildman–Crippen LogP) is 2.72. The molecule has 0 spiro atoms.